The molecule has 1 aromatic carbocycles. The summed E-state index contributed by atoms with van der Waals surface area (Å²) in [7, 11) is 1.54. The zero-order chi connectivity index (χ0) is 20.2. The van der Waals surface area contributed by atoms with Crippen LogP contribution in [0.1, 0.15) is 28.6 Å². The first-order chi connectivity index (χ1) is 14.2. The molecule has 0 saturated heterocycles. The highest BCUT2D eigenvalue weighted by atomic mass is 32.2. The van der Waals surface area contributed by atoms with Crippen LogP contribution >= 0.6 is 11.8 Å². The summed E-state index contributed by atoms with van der Waals surface area (Å²) in [5, 5.41) is 11.6. The topological polar surface area (TPSA) is 87.0 Å². The Balaban J connectivity index is 1.63. The number of amides is 1. The van der Waals surface area contributed by atoms with Gasteiger partial charge in [0.05, 0.1) is 13.2 Å². The fourth-order valence-corrected chi connectivity index (χ4v) is 3.72. The average Bonchev–Trinajstić information content (AvgIpc) is 3.19. The van der Waals surface area contributed by atoms with Crippen molar-refractivity contribution in [2.24, 2.45) is 0 Å². The maximum absolute atomic E-state index is 13.1. The molecule has 8 nitrogen and oxygen atoms in total. The number of thioether (sulfide) groups is 1. The normalized spacial score (nSPS) is 13.9. The van der Waals surface area contributed by atoms with Crippen molar-refractivity contribution >= 4 is 23.3 Å². The Labute approximate surface area is 172 Å². The molecule has 1 aliphatic rings. The Morgan fingerprint density at radius 2 is 2.17 bits per heavy atom. The fraction of sp³-hybridized carbons (Fsp3) is 0.350. The van der Waals surface area contributed by atoms with Crippen LogP contribution in [0.2, 0.25) is 0 Å². The SMILES string of the molecule is COc1cc(C(=O)NC(CCSC)c2nnc3ccccn23)cc2c1OCCO2. The van der Waals surface area contributed by atoms with Crippen molar-refractivity contribution in [3.63, 3.8) is 0 Å². The molecule has 4 rings (SSSR count). The molecule has 1 N–H and O–H groups in total. The minimum atomic E-state index is -0.286. The van der Waals surface area contributed by atoms with E-state index in [-0.39, 0.29) is 11.9 Å². The molecule has 1 atom stereocenters. The molecule has 0 aliphatic carbocycles. The monoisotopic (exact) mass is 414 g/mol. The number of rotatable bonds is 7. The lowest BCUT2D eigenvalue weighted by molar-refractivity contribution is 0.0932. The van der Waals surface area contributed by atoms with Gasteiger partial charge in [-0.3, -0.25) is 9.20 Å². The van der Waals surface area contributed by atoms with E-state index in [1.54, 1.807) is 31.0 Å². The van der Waals surface area contributed by atoms with E-state index >= 15 is 0 Å². The third-order valence-electron chi connectivity index (χ3n) is 4.66. The second-order valence-electron chi connectivity index (χ2n) is 6.50. The highest BCUT2D eigenvalue weighted by Crippen LogP contribution is 2.40. The summed E-state index contributed by atoms with van der Waals surface area (Å²) in [4.78, 5) is 13.1. The van der Waals surface area contributed by atoms with Crippen LogP contribution < -0.4 is 19.5 Å². The molecule has 1 aliphatic heterocycles. The number of fused-ring (bicyclic) bond motifs is 2. The molecule has 0 bridgehead atoms. The molecule has 9 heteroatoms. The van der Waals surface area contributed by atoms with Crippen LogP contribution in [0.25, 0.3) is 5.65 Å². The van der Waals surface area contributed by atoms with E-state index in [4.69, 9.17) is 14.2 Å². The van der Waals surface area contributed by atoms with Gasteiger partial charge in [-0.15, -0.1) is 10.2 Å². The third-order valence-corrected chi connectivity index (χ3v) is 5.30. The van der Waals surface area contributed by atoms with Crippen LogP contribution in [0.3, 0.4) is 0 Å². The molecular formula is C20H22N4O4S. The first-order valence-corrected chi connectivity index (χ1v) is 10.7. The van der Waals surface area contributed by atoms with Crippen molar-refractivity contribution in [2.45, 2.75) is 12.5 Å². The van der Waals surface area contributed by atoms with Gasteiger partial charge in [-0.25, -0.2) is 0 Å². The van der Waals surface area contributed by atoms with Crippen molar-refractivity contribution in [1.29, 1.82) is 0 Å². The summed E-state index contributed by atoms with van der Waals surface area (Å²) in [6.07, 6.45) is 4.66. The van der Waals surface area contributed by atoms with Crippen molar-refractivity contribution in [3.05, 3.63) is 47.9 Å². The Bertz CT molecular complexity index is 1010. The Morgan fingerprint density at radius 1 is 1.31 bits per heavy atom. The standard InChI is InChI=1S/C20H22N4O4S/c1-26-15-11-13(12-16-18(15)28-9-8-27-16)20(25)21-14(6-10-29-2)19-23-22-17-5-3-4-7-24(17)19/h3-5,7,11-12,14H,6,8-10H2,1-2H3,(H,21,25). The summed E-state index contributed by atoms with van der Waals surface area (Å²) in [6, 6.07) is 8.77. The number of hydrogen-bond donors (Lipinski definition) is 1. The molecule has 3 heterocycles. The number of nitrogens with zero attached hydrogens (tertiary/aromatic N) is 3. The fourth-order valence-electron chi connectivity index (χ4n) is 3.24. The zero-order valence-electron chi connectivity index (χ0n) is 16.3. The number of carbonyl (C=O) groups excluding carboxylic acids is 1. The quantitative estimate of drug-likeness (QED) is 0.636. The first kappa shape index (κ1) is 19.4. The average molecular weight is 414 g/mol. The number of benzene rings is 1. The van der Waals surface area contributed by atoms with Crippen LogP contribution in [-0.4, -0.2) is 52.8 Å². The van der Waals surface area contributed by atoms with E-state index in [9.17, 15) is 4.79 Å². The summed E-state index contributed by atoms with van der Waals surface area (Å²) in [5.74, 6) is 2.84. The molecule has 0 radical (unpaired) electrons. The Hall–Kier alpha value is -2.94. The van der Waals surface area contributed by atoms with Crippen LogP contribution in [0.15, 0.2) is 36.5 Å². The van der Waals surface area contributed by atoms with Crippen molar-refractivity contribution in [2.75, 3.05) is 32.3 Å². The molecule has 3 aromatic rings. The maximum atomic E-state index is 13.1. The minimum Gasteiger partial charge on any atom is -0.493 e. The summed E-state index contributed by atoms with van der Waals surface area (Å²) in [5.41, 5.74) is 1.18. The van der Waals surface area contributed by atoms with Crippen LogP contribution in [-0.2, 0) is 0 Å². The summed E-state index contributed by atoms with van der Waals surface area (Å²) < 4.78 is 18.5. The van der Waals surface area contributed by atoms with Gasteiger partial charge in [0.2, 0.25) is 5.75 Å². The number of methoxy groups -OCH3 is 1. The molecule has 0 spiro atoms. The number of nitrogens with one attached hydrogen (secondary N) is 1. The van der Waals surface area contributed by atoms with Gasteiger partial charge in [-0.1, -0.05) is 6.07 Å². The largest absolute Gasteiger partial charge is 0.493 e. The van der Waals surface area contributed by atoms with Gasteiger partial charge < -0.3 is 19.5 Å². The highest BCUT2D eigenvalue weighted by molar-refractivity contribution is 7.98. The van der Waals surface area contributed by atoms with Crippen molar-refractivity contribution in [1.82, 2.24) is 19.9 Å². The summed E-state index contributed by atoms with van der Waals surface area (Å²) >= 11 is 1.71. The lowest BCUT2D eigenvalue weighted by atomic mass is 10.1. The van der Waals surface area contributed by atoms with E-state index in [1.807, 2.05) is 35.1 Å². The first-order valence-electron chi connectivity index (χ1n) is 9.28. The smallest absolute Gasteiger partial charge is 0.252 e. The molecule has 1 unspecified atom stereocenters. The zero-order valence-corrected chi connectivity index (χ0v) is 17.1. The van der Waals surface area contributed by atoms with Gasteiger partial charge in [0, 0.05) is 11.8 Å². The number of carbonyl (C=O) groups is 1. The van der Waals surface area contributed by atoms with Crippen LogP contribution in [0.5, 0.6) is 17.2 Å². The molecule has 0 saturated carbocycles. The Kier molecular flexibility index (Phi) is 5.75. The number of ether oxygens (including phenoxy) is 3. The molecule has 152 valence electrons. The predicted octanol–water partition coefficient (Wildman–Crippen LogP) is 2.73. The lowest BCUT2D eigenvalue weighted by Gasteiger charge is -2.22. The van der Waals surface area contributed by atoms with Gasteiger partial charge in [0.25, 0.3) is 5.91 Å². The number of aromatic nitrogens is 3. The molecule has 0 fully saturated rings. The van der Waals surface area contributed by atoms with Gasteiger partial charge in [0.1, 0.15) is 13.2 Å². The third kappa shape index (κ3) is 3.95. The number of pyridine rings is 1. The van der Waals surface area contributed by atoms with Crippen molar-refractivity contribution in [3.8, 4) is 17.2 Å². The van der Waals surface area contributed by atoms with Gasteiger partial charge in [0.15, 0.2) is 23.0 Å². The minimum absolute atomic E-state index is 0.237. The second-order valence-corrected chi connectivity index (χ2v) is 7.48. The van der Waals surface area contributed by atoms with E-state index in [0.717, 1.165) is 17.8 Å². The predicted molar refractivity (Wildman–Crippen MR) is 110 cm³/mol. The lowest BCUT2D eigenvalue weighted by Crippen LogP contribution is -2.30. The summed E-state index contributed by atoms with van der Waals surface area (Å²) in [6.45, 7) is 0.884. The van der Waals surface area contributed by atoms with Crippen LogP contribution in [0, 0.1) is 0 Å². The Morgan fingerprint density at radius 3 is 3.00 bits per heavy atom. The molecule has 1 amide bonds. The van der Waals surface area contributed by atoms with E-state index in [0.29, 0.717) is 41.9 Å². The van der Waals surface area contributed by atoms with Crippen molar-refractivity contribution < 1.29 is 19.0 Å². The van der Waals surface area contributed by atoms with Gasteiger partial charge >= 0.3 is 0 Å². The molecule has 29 heavy (non-hydrogen) atoms. The van der Waals surface area contributed by atoms with Gasteiger partial charge in [-0.2, -0.15) is 11.8 Å². The van der Waals surface area contributed by atoms with Gasteiger partial charge in [-0.05, 0) is 42.7 Å². The van der Waals surface area contributed by atoms with E-state index in [2.05, 4.69) is 15.5 Å². The molecular weight excluding hydrogens is 392 g/mol. The van der Waals surface area contributed by atoms with Crippen LogP contribution in [0.4, 0.5) is 0 Å². The highest BCUT2D eigenvalue weighted by Gasteiger charge is 2.24. The second kappa shape index (κ2) is 8.60. The maximum Gasteiger partial charge on any atom is 0.252 e. The molecule has 2 aromatic heterocycles. The van der Waals surface area contributed by atoms with E-state index in [1.165, 1.54) is 0 Å². The number of hydrogen-bond acceptors (Lipinski definition) is 7. The van der Waals surface area contributed by atoms with E-state index < -0.39 is 0 Å².